The van der Waals surface area contributed by atoms with E-state index < -0.39 is 71.2 Å². The topological polar surface area (TPSA) is 313 Å². The first-order valence-electron chi connectivity index (χ1n) is 20.4. The molecule has 374 valence electrons. The lowest BCUT2D eigenvalue weighted by Crippen LogP contribution is -2.39. The van der Waals surface area contributed by atoms with Crippen LogP contribution in [0.25, 0.3) is 0 Å². The maximum Gasteiger partial charge on any atom is 0.412 e. The molecule has 2 aromatic rings. The third-order valence-corrected chi connectivity index (χ3v) is 7.31. The molecule has 0 spiro atoms. The van der Waals surface area contributed by atoms with Gasteiger partial charge in [-0.2, -0.15) is 0 Å². The Morgan fingerprint density at radius 1 is 0.606 bits per heavy atom. The van der Waals surface area contributed by atoms with Crippen molar-refractivity contribution in [2.75, 3.05) is 38.4 Å². The Hall–Kier alpha value is -6.36. The van der Waals surface area contributed by atoms with Crippen molar-refractivity contribution in [1.82, 2.24) is 10.6 Å². The van der Waals surface area contributed by atoms with Gasteiger partial charge in [0, 0.05) is 25.0 Å². The molecule has 2 aromatic heterocycles. The third-order valence-electron chi connectivity index (χ3n) is 7.31. The molecular weight excluding hydrogens is 878 g/mol. The van der Waals surface area contributed by atoms with Crippen LogP contribution in [0.2, 0.25) is 0 Å². The van der Waals surface area contributed by atoms with E-state index in [1.54, 1.807) is 83.1 Å². The number of esters is 3. The van der Waals surface area contributed by atoms with Crippen molar-refractivity contribution in [2.24, 2.45) is 0 Å². The number of nitrogens with one attached hydrogen (secondary N) is 3. The van der Waals surface area contributed by atoms with Crippen LogP contribution in [-0.4, -0.2) is 132 Å². The molecule has 0 radical (unpaired) electrons. The SMILES string of the molecule is C.CC(C)(C)OC(=O)N[C@H]1CO[C@@H](C(=O)O)C1.CCOC(=O)[C@H]1C[C@@H](NC(=O)OC(C)(C)C)CO1.CCOC(=O)c1cc(C(=O)O)co1.CCOC(=O)c1cc(NC(=O)OC(C)(C)C)co1. The molecule has 23 nitrogen and oxygen atoms in total. The maximum absolute atomic E-state index is 11.5. The Kier molecular flexibility index (Phi) is 25.2. The van der Waals surface area contributed by atoms with Crippen LogP contribution in [0.1, 0.15) is 135 Å². The van der Waals surface area contributed by atoms with Crippen molar-refractivity contribution >= 4 is 53.8 Å². The monoisotopic (exact) mass is 945 g/mol. The average Bonchev–Trinajstić information content (AvgIpc) is 3.99. The molecule has 2 aliphatic heterocycles. The fourth-order valence-electron chi connectivity index (χ4n) is 4.86. The number of amides is 3. The van der Waals surface area contributed by atoms with E-state index in [-0.39, 0.29) is 68.8 Å². The van der Waals surface area contributed by atoms with Crippen LogP contribution in [-0.2, 0) is 47.5 Å². The molecule has 0 bridgehead atoms. The number of aliphatic carboxylic acids is 1. The first-order valence-corrected chi connectivity index (χ1v) is 20.4. The molecule has 23 heteroatoms. The fraction of sp³-hybridized carbons (Fsp3) is 0.628. The van der Waals surface area contributed by atoms with Crippen molar-refractivity contribution in [3.05, 3.63) is 41.7 Å². The molecular formula is C43H67N3O20. The average molecular weight is 946 g/mol. The minimum absolute atomic E-state index is 0. The summed E-state index contributed by atoms with van der Waals surface area (Å²) in [4.78, 5) is 89.0. The molecule has 0 saturated carbocycles. The summed E-state index contributed by atoms with van der Waals surface area (Å²) in [5.74, 6) is -3.83. The Morgan fingerprint density at radius 3 is 1.41 bits per heavy atom. The minimum Gasteiger partial charge on any atom is -0.479 e. The largest absolute Gasteiger partial charge is 0.479 e. The van der Waals surface area contributed by atoms with Gasteiger partial charge < -0.3 is 67.6 Å². The Bertz CT molecular complexity index is 1880. The highest BCUT2D eigenvalue weighted by molar-refractivity contribution is 5.93. The number of carboxylic acids is 2. The molecule has 2 fully saturated rings. The van der Waals surface area contributed by atoms with Crippen molar-refractivity contribution < 1.29 is 95.3 Å². The number of carboxylic acid groups (broad SMARTS) is 2. The number of anilines is 1. The number of carbonyl (C=O) groups excluding carboxylic acids is 6. The summed E-state index contributed by atoms with van der Waals surface area (Å²) in [5, 5.41) is 24.9. The zero-order valence-corrected chi connectivity index (χ0v) is 38.8. The van der Waals surface area contributed by atoms with Crippen molar-refractivity contribution in [3.63, 3.8) is 0 Å². The number of furan rings is 2. The minimum atomic E-state index is -1.14. The predicted octanol–water partition coefficient (Wildman–Crippen LogP) is 6.58. The molecule has 0 aromatic carbocycles. The standard InChI is InChI=1S/C12H21NO5.C12H17NO5.C10H17NO5.C8H8O5.CH4/c2*1-5-16-10(14)9-6-8(7-17-9)13-11(15)18-12(2,3)4;1-10(2,3)16-9(14)11-6-4-7(8(12)13)15-5-6;1-2-12-8(11)6-3-5(4-13-6)7(9)10;/h8-9H,5-7H2,1-4H3,(H,13,15);6-7H,5H2,1-4H3,(H,13,15);6-7H,4-5H2,1-3H3,(H,11,14)(H,12,13);3-4H,2H2,1H3,(H,9,10);1H4/t8-,9-;;6-,7-;;/m1.1../s1. The summed E-state index contributed by atoms with van der Waals surface area (Å²) in [7, 11) is 0. The summed E-state index contributed by atoms with van der Waals surface area (Å²) < 4.78 is 49.3. The number of carbonyl (C=O) groups is 8. The van der Waals surface area contributed by atoms with Gasteiger partial charge >= 0.3 is 48.1 Å². The van der Waals surface area contributed by atoms with E-state index >= 15 is 0 Å². The Morgan fingerprint density at radius 2 is 1.02 bits per heavy atom. The summed E-state index contributed by atoms with van der Waals surface area (Å²) in [5.41, 5.74) is -1.41. The van der Waals surface area contributed by atoms with E-state index in [1.165, 1.54) is 12.3 Å². The highest BCUT2D eigenvalue weighted by Gasteiger charge is 2.34. The van der Waals surface area contributed by atoms with Gasteiger partial charge in [-0.1, -0.05) is 7.43 Å². The molecule has 4 heterocycles. The van der Waals surface area contributed by atoms with Gasteiger partial charge in [-0.25, -0.2) is 38.4 Å². The molecule has 0 unspecified atom stereocenters. The van der Waals surface area contributed by atoms with E-state index in [9.17, 15) is 38.4 Å². The van der Waals surface area contributed by atoms with Crippen LogP contribution in [0, 0.1) is 0 Å². The Balaban J connectivity index is 0.000000855. The molecule has 66 heavy (non-hydrogen) atoms. The Labute approximate surface area is 383 Å². The van der Waals surface area contributed by atoms with E-state index in [2.05, 4.69) is 25.1 Å². The molecule has 2 aliphatic rings. The number of hydrogen-bond donors (Lipinski definition) is 5. The highest BCUT2D eigenvalue weighted by Crippen LogP contribution is 2.18. The second-order valence-electron chi connectivity index (χ2n) is 16.7. The quantitative estimate of drug-likeness (QED) is 0.117. The van der Waals surface area contributed by atoms with Gasteiger partial charge in [-0.05, 0) is 83.1 Å². The number of rotatable bonds is 11. The second kappa shape index (κ2) is 27.8. The third kappa shape index (κ3) is 25.2. The van der Waals surface area contributed by atoms with Gasteiger partial charge in [0.1, 0.15) is 29.3 Å². The highest BCUT2D eigenvalue weighted by atomic mass is 16.6. The summed E-state index contributed by atoms with van der Waals surface area (Å²) in [6, 6.07) is 1.99. The zero-order valence-electron chi connectivity index (χ0n) is 38.8. The lowest BCUT2D eigenvalue weighted by molar-refractivity contribution is -0.153. The van der Waals surface area contributed by atoms with Crippen molar-refractivity contribution in [2.45, 2.75) is 144 Å². The van der Waals surface area contributed by atoms with E-state index in [0.29, 0.717) is 25.3 Å². The first-order chi connectivity index (χ1) is 30.1. The normalized spacial score (nSPS) is 17.4. The van der Waals surface area contributed by atoms with Gasteiger partial charge in [-0.15, -0.1) is 0 Å². The summed E-state index contributed by atoms with van der Waals surface area (Å²) in [6.07, 6.45) is -0.159. The summed E-state index contributed by atoms with van der Waals surface area (Å²) >= 11 is 0. The number of ether oxygens (including phenoxy) is 8. The molecule has 3 amide bonds. The van der Waals surface area contributed by atoms with Crippen LogP contribution < -0.4 is 16.0 Å². The van der Waals surface area contributed by atoms with Gasteiger partial charge in [0.05, 0.1) is 56.4 Å². The lowest BCUT2D eigenvalue weighted by Gasteiger charge is -2.21. The molecule has 4 rings (SSSR count). The van der Waals surface area contributed by atoms with E-state index in [1.807, 2.05) is 0 Å². The van der Waals surface area contributed by atoms with Gasteiger partial charge in [0.25, 0.3) is 0 Å². The second-order valence-corrected chi connectivity index (χ2v) is 16.7. The first kappa shape index (κ1) is 59.6. The molecule has 4 atom stereocenters. The van der Waals surface area contributed by atoms with Gasteiger partial charge in [0.2, 0.25) is 11.5 Å². The van der Waals surface area contributed by atoms with Crippen LogP contribution >= 0.6 is 0 Å². The van der Waals surface area contributed by atoms with E-state index in [0.717, 1.165) is 12.3 Å². The van der Waals surface area contributed by atoms with Crippen molar-refractivity contribution in [1.29, 1.82) is 0 Å². The number of aromatic carboxylic acids is 1. The molecule has 2 saturated heterocycles. The summed E-state index contributed by atoms with van der Waals surface area (Å²) in [6.45, 7) is 22.3. The molecule has 0 aliphatic carbocycles. The molecule has 5 N–H and O–H groups in total. The number of alkyl carbamates (subject to hydrolysis) is 2. The van der Waals surface area contributed by atoms with Crippen molar-refractivity contribution in [3.8, 4) is 0 Å². The maximum atomic E-state index is 11.5. The van der Waals surface area contributed by atoms with E-state index in [4.69, 9.17) is 47.8 Å². The van der Waals surface area contributed by atoms with Crippen LogP contribution in [0.15, 0.2) is 33.5 Å². The van der Waals surface area contributed by atoms with Gasteiger partial charge in [0.15, 0.2) is 12.2 Å². The van der Waals surface area contributed by atoms with Gasteiger partial charge in [-0.3, -0.25) is 5.32 Å². The smallest absolute Gasteiger partial charge is 0.412 e. The van der Waals surface area contributed by atoms with Crippen LogP contribution in [0.3, 0.4) is 0 Å². The lowest BCUT2D eigenvalue weighted by atomic mass is 10.2. The fourth-order valence-corrected chi connectivity index (χ4v) is 4.86. The number of hydrogen-bond acceptors (Lipinski definition) is 18. The zero-order chi connectivity index (χ0) is 49.7. The van der Waals surface area contributed by atoms with Crippen LogP contribution in [0.4, 0.5) is 20.1 Å². The predicted molar refractivity (Wildman–Crippen MR) is 232 cm³/mol. The van der Waals surface area contributed by atoms with Crippen LogP contribution in [0.5, 0.6) is 0 Å².